The first-order valence-electron chi connectivity index (χ1n) is 7.21. The van der Waals surface area contributed by atoms with Gasteiger partial charge in [0.05, 0.1) is 0 Å². The molecular formula is C18H23ClN2O. The predicted molar refractivity (Wildman–Crippen MR) is 93.2 cm³/mol. The minimum atomic E-state index is -0.608. The average molecular weight is 319 g/mol. The summed E-state index contributed by atoms with van der Waals surface area (Å²) in [7, 11) is 0. The maximum Gasteiger partial charge on any atom is 0.241 e. The average Bonchev–Trinajstić information content (AvgIpc) is 2.49. The minimum Gasteiger partial charge on any atom is -0.354 e. The molecule has 0 heterocycles. The molecule has 2 rings (SSSR count). The van der Waals surface area contributed by atoms with Crippen LogP contribution in [0.1, 0.15) is 28.3 Å². The van der Waals surface area contributed by atoms with Crippen LogP contribution in [-0.4, -0.2) is 12.5 Å². The number of hydrogen-bond donors (Lipinski definition) is 2. The van der Waals surface area contributed by atoms with E-state index in [2.05, 4.69) is 36.5 Å². The number of amides is 1. The van der Waals surface area contributed by atoms with Crippen LogP contribution in [0.2, 0.25) is 0 Å². The Hall–Kier alpha value is -1.84. The third kappa shape index (κ3) is 5.17. The van der Waals surface area contributed by atoms with Gasteiger partial charge in [-0.1, -0.05) is 59.7 Å². The Bertz CT molecular complexity index is 593. The summed E-state index contributed by atoms with van der Waals surface area (Å²) < 4.78 is 0. The van der Waals surface area contributed by atoms with Crippen LogP contribution in [0, 0.1) is 13.8 Å². The van der Waals surface area contributed by atoms with E-state index in [1.165, 1.54) is 11.1 Å². The van der Waals surface area contributed by atoms with Gasteiger partial charge >= 0.3 is 0 Å². The fourth-order valence-electron chi connectivity index (χ4n) is 2.12. The molecule has 3 N–H and O–H groups in total. The highest BCUT2D eigenvalue weighted by atomic mass is 35.5. The first-order valence-corrected chi connectivity index (χ1v) is 7.21. The summed E-state index contributed by atoms with van der Waals surface area (Å²) in [6, 6.07) is 15.5. The zero-order valence-electron chi connectivity index (χ0n) is 13.0. The molecule has 3 nitrogen and oxygen atoms in total. The Kier molecular flexibility index (Phi) is 7.09. The highest BCUT2D eigenvalue weighted by Crippen LogP contribution is 2.11. The number of nitrogens with two attached hydrogens (primary N) is 1. The summed E-state index contributed by atoms with van der Waals surface area (Å²) in [4.78, 5) is 12.0. The molecule has 118 valence electrons. The standard InChI is InChI=1S/C18H22N2O.ClH/c1-13-3-7-15(8-4-13)11-12-20-18(21)17(19)16-9-5-14(2)6-10-16;/h3-10,17H,11-12,19H2,1-2H3,(H,20,21);1H. The number of nitrogens with one attached hydrogen (secondary N) is 1. The maximum absolute atomic E-state index is 12.0. The van der Waals surface area contributed by atoms with E-state index in [0.29, 0.717) is 6.54 Å². The summed E-state index contributed by atoms with van der Waals surface area (Å²) in [6.07, 6.45) is 0.812. The highest BCUT2D eigenvalue weighted by Gasteiger charge is 2.14. The molecule has 0 spiro atoms. The lowest BCUT2D eigenvalue weighted by molar-refractivity contribution is -0.122. The highest BCUT2D eigenvalue weighted by molar-refractivity contribution is 5.85. The second kappa shape index (κ2) is 8.57. The first-order chi connectivity index (χ1) is 10.1. The molecule has 0 saturated carbocycles. The Balaban J connectivity index is 0.00000242. The Morgan fingerprint density at radius 2 is 1.50 bits per heavy atom. The second-order valence-corrected chi connectivity index (χ2v) is 5.41. The zero-order valence-corrected chi connectivity index (χ0v) is 13.8. The Morgan fingerprint density at radius 3 is 2.05 bits per heavy atom. The van der Waals surface area contributed by atoms with Crippen molar-refractivity contribution in [1.29, 1.82) is 0 Å². The molecule has 0 aliphatic carbocycles. The van der Waals surface area contributed by atoms with Crippen molar-refractivity contribution in [2.75, 3.05) is 6.54 Å². The van der Waals surface area contributed by atoms with E-state index in [4.69, 9.17) is 5.73 Å². The van der Waals surface area contributed by atoms with Crippen molar-refractivity contribution in [1.82, 2.24) is 5.32 Å². The van der Waals surface area contributed by atoms with E-state index in [1.807, 2.05) is 31.2 Å². The topological polar surface area (TPSA) is 55.1 Å². The van der Waals surface area contributed by atoms with Gasteiger partial charge in [-0.05, 0) is 31.4 Å². The molecule has 1 atom stereocenters. The smallest absolute Gasteiger partial charge is 0.241 e. The van der Waals surface area contributed by atoms with E-state index in [0.717, 1.165) is 17.5 Å². The number of carbonyl (C=O) groups is 1. The van der Waals surface area contributed by atoms with Crippen LogP contribution in [0.3, 0.4) is 0 Å². The summed E-state index contributed by atoms with van der Waals surface area (Å²) >= 11 is 0. The third-order valence-corrected chi connectivity index (χ3v) is 3.55. The molecule has 0 bridgehead atoms. The largest absolute Gasteiger partial charge is 0.354 e. The zero-order chi connectivity index (χ0) is 15.2. The van der Waals surface area contributed by atoms with E-state index < -0.39 is 6.04 Å². The van der Waals surface area contributed by atoms with E-state index in [1.54, 1.807) is 0 Å². The summed E-state index contributed by atoms with van der Waals surface area (Å²) in [5.74, 6) is -0.133. The van der Waals surface area contributed by atoms with E-state index in [-0.39, 0.29) is 18.3 Å². The molecule has 1 amide bonds. The van der Waals surface area contributed by atoms with Crippen molar-refractivity contribution in [2.24, 2.45) is 5.73 Å². The summed E-state index contributed by atoms with van der Waals surface area (Å²) in [5.41, 5.74) is 10.4. The van der Waals surface area contributed by atoms with E-state index in [9.17, 15) is 4.79 Å². The van der Waals surface area contributed by atoms with Gasteiger partial charge in [-0.2, -0.15) is 0 Å². The number of aryl methyl sites for hydroxylation is 2. The van der Waals surface area contributed by atoms with E-state index >= 15 is 0 Å². The van der Waals surface area contributed by atoms with Crippen molar-refractivity contribution in [2.45, 2.75) is 26.3 Å². The SMILES string of the molecule is Cc1ccc(CCNC(=O)C(N)c2ccc(C)cc2)cc1.Cl. The molecular weight excluding hydrogens is 296 g/mol. The van der Waals surface area contributed by atoms with Gasteiger partial charge in [-0.25, -0.2) is 0 Å². The van der Waals surface area contributed by atoms with Gasteiger partial charge in [-0.15, -0.1) is 12.4 Å². The molecule has 1 unspecified atom stereocenters. The molecule has 2 aromatic carbocycles. The Morgan fingerprint density at radius 1 is 1.00 bits per heavy atom. The molecule has 0 aliphatic rings. The molecule has 0 aliphatic heterocycles. The molecule has 2 aromatic rings. The lowest BCUT2D eigenvalue weighted by Crippen LogP contribution is -2.35. The number of rotatable bonds is 5. The lowest BCUT2D eigenvalue weighted by Gasteiger charge is -2.13. The van der Waals surface area contributed by atoms with Crippen LogP contribution in [0.4, 0.5) is 0 Å². The van der Waals surface area contributed by atoms with Crippen LogP contribution >= 0.6 is 12.4 Å². The summed E-state index contributed by atoms with van der Waals surface area (Å²) in [5, 5.41) is 2.89. The van der Waals surface area contributed by atoms with Crippen molar-refractivity contribution in [3.05, 3.63) is 70.8 Å². The molecule has 22 heavy (non-hydrogen) atoms. The number of carbonyl (C=O) groups excluding carboxylic acids is 1. The van der Waals surface area contributed by atoms with Crippen LogP contribution in [0.15, 0.2) is 48.5 Å². The fraction of sp³-hybridized carbons (Fsp3) is 0.278. The van der Waals surface area contributed by atoms with Gasteiger partial charge in [0.25, 0.3) is 0 Å². The van der Waals surface area contributed by atoms with Crippen LogP contribution < -0.4 is 11.1 Å². The van der Waals surface area contributed by atoms with Gasteiger partial charge in [0.1, 0.15) is 6.04 Å². The number of halogens is 1. The fourth-order valence-corrected chi connectivity index (χ4v) is 2.12. The van der Waals surface area contributed by atoms with Crippen molar-refractivity contribution in [3.8, 4) is 0 Å². The van der Waals surface area contributed by atoms with Crippen LogP contribution in [-0.2, 0) is 11.2 Å². The second-order valence-electron chi connectivity index (χ2n) is 5.41. The molecule has 0 saturated heterocycles. The van der Waals surface area contributed by atoms with Crippen molar-refractivity contribution < 1.29 is 4.79 Å². The molecule has 0 aromatic heterocycles. The quantitative estimate of drug-likeness (QED) is 0.890. The van der Waals surface area contributed by atoms with Gasteiger partial charge in [0, 0.05) is 6.54 Å². The normalized spacial score (nSPS) is 11.4. The lowest BCUT2D eigenvalue weighted by atomic mass is 10.1. The van der Waals surface area contributed by atoms with Gasteiger partial charge in [0.2, 0.25) is 5.91 Å². The molecule has 4 heteroatoms. The Labute approximate surface area is 138 Å². The van der Waals surface area contributed by atoms with Crippen LogP contribution in [0.25, 0.3) is 0 Å². The van der Waals surface area contributed by atoms with Gasteiger partial charge in [0.15, 0.2) is 0 Å². The monoisotopic (exact) mass is 318 g/mol. The molecule has 0 fully saturated rings. The number of benzene rings is 2. The molecule has 0 radical (unpaired) electrons. The van der Waals surface area contributed by atoms with Gasteiger partial charge in [-0.3, -0.25) is 4.79 Å². The number of hydrogen-bond acceptors (Lipinski definition) is 2. The van der Waals surface area contributed by atoms with Crippen molar-refractivity contribution >= 4 is 18.3 Å². The van der Waals surface area contributed by atoms with Crippen molar-refractivity contribution in [3.63, 3.8) is 0 Å². The predicted octanol–water partition coefficient (Wildman–Crippen LogP) is 3.08. The third-order valence-electron chi connectivity index (χ3n) is 3.55. The van der Waals surface area contributed by atoms with Crippen LogP contribution in [0.5, 0.6) is 0 Å². The first kappa shape index (κ1) is 18.2. The van der Waals surface area contributed by atoms with Gasteiger partial charge < -0.3 is 11.1 Å². The minimum absolute atomic E-state index is 0. The maximum atomic E-state index is 12.0. The summed E-state index contributed by atoms with van der Waals surface area (Å²) in [6.45, 7) is 4.67.